The van der Waals surface area contributed by atoms with Gasteiger partial charge in [-0.2, -0.15) is 0 Å². The minimum Gasteiger partial charge on any atom is -0.434 e. The van der Waals surface area contributed by atoms with Crippen molar-refractivity contribution in [3.63, 3.8) is 0 Å². The molecular weight excluding hydrogens is 360 g/mol. The summed E-state index contributed by atoms with van der Waals surface area (Å²) in [5, 5.41) is 0. The van der Waals surface area contributed by atoms with E-state index >= 15 is 0 Å². The topological polar surface area (TPSA) is 71.1 Å². The van der Waals surface area contributed by atoms with E-state index in [1.54, 1.807) is 0 Å². The Bertz CT molecular complexity index is 427. The Morgan fingerprint density at radius 3 is 1.75 bits per heavy atom. The van der Waals surface area contributed by atoms with Crippen LogP contribution in [0.5, 0.6) is 0 Å². The molecule has 0 aromatic rings. The predicted molar refractivity (Wildman–Crippen MR) is 108 cm³/mol. The predicted octanol–water partition coefficient (Wildman–Crippen LogP) is 6.26. The van der Waals surface area contributed by atoms with Gasteiger partial charge in [0, 0.05) is 0 Å². The van der Waals surface area contributed by atoms with Gasteiger partial charge in [-0.15, -0.1) is 0 Å². The largest absolute Gasteiger partial charge is 0.508 e. The van der Waals surface area contributed by atoms with Crippen molar-refractivity contribution in [3.05, 3.63) is 0 Å². The summed E-state index contributed by atoms with van der Waals surface area (Å²) in [6, 6.07) is 0. The first-order valence-electron chi connectivity index (χ1n) is 11.0. The van der Waals surface area contributed by atoms with Crippen LogP contribution in [-0.4, -0.2) is 37.7 Å². The molecular formula is C22H40O6. The van der Waals surface area contributed by atoms with Crippen molar-refractivity contribution in [2.24, 2.45) is 11.8 Å². The molecule has 28 heavy (non-hydrogen) atoms. The smallest absolute Gasteiger partial charge is 0.434 e. The van der Waals surface area contributed by atoms with Crippen LogP contribution in [0.3, 0.4) is 0 Å². The average Bonchev–Trinajstić information content (AvgIpc) is 2.63. The quantitative estimate of drug-likeness (QED) is 0.284. The van der Waals surface area contributed by atoms with Gasteiger partial charge < -0.3 is 18.9 Å². The Morgan fingerprint density at radius 2 is 1.21 bits per heavy atom. The van der Waals surface area contributed by atoms with Crippen molar-refractivity contribution in [3.8, 4) is 0 Å². The van der Waals surface area contributed by atoms with E-state index in [9.17, 15) is 9.59 Å². The summed E-state index contributed by atoms with van der Waals surface area (Å²) in [5.41, 5.74) is 0. The summed E-state index contributed by atoms with van der Waals surface area (Å²) < 4.78 is 20.9. The molecule has 1 fully saturated rings. The molecule has 0 aliphatic heterocycles. The number of rotatable bonds is 12. The summed E-state index contributed by atoms with van der Waals surface area (Å²) >= 11 is 0. The molecule has 0 saturated heterocycles. The van der Waals surface area contributed by atoms with Crippen LogP contribution < -0.4 is 0 Å². The van der Waals surface area contributed by atoms with Crippen molar-refractivity contribution in [1.29, 1.82) is 0 Å². The SMILES string of the molecule is CC(C)CCCCCCCOC(=O)OC1CCC(OC(=O)OCC(C)C)CC1. The highest BCUT2D eigenvalue weighted by Crippen LogP contribution is 2.24. The lowest BCUT2D eigenvalue weighted by atomic mass is 9.95. The van der Waals surface area contributed by atoms with Gasteiger partial charge in [0.2, 0.25) is 0 Å². The number of carbonyl (C=O) groups excluding carboxylic acids is 2. The summed E-state index contributed by atoms with van der Waals surface area (Å²) in [7, 11) is 0. The van der Waals surface area contributed by atoms with Crippen LogP contribution in [-0.2, 0) is 18.9 Å². The maximum absolute atomic E-state index is 11.8. The second kappa shape index (κ2) is 14.5. The van der Waals surface area contributed by atoms with Gasteiger partial charge >= 0.3 is 12.3 Å². The van der Waals surface area contributed by atoms with E-state index in [2.05, 4.69) is 13.8 Å². The summed E-state index contributed by atoms with van der Waals surface area (Å²) in [4.78, 5) is 23.4. The third-order valence-corrected chi connectivity index (χ3v) is 4.83. The van der Waals surface area contributed by atoms with Crippen LogP contribution in [0.2, 0.25) is 0 Å². The van der Waals surface area contributed by atoms with Crippen molar-refractivity contribution < 1.29 is 28.5 Å². The highest BCUT2D eigenvalue weighted by molar-refractivity contribution is 5.60. The zero-order valence-electron chi connectivity index (χ0n) is 18.2. The van der Waals surface area contributed by atoms with Gasteiger partial charge in [-0.3, -0.25) is 0 Å². The fraction of sp³-hybridized carbons (Fsp3) is 0.909. The Kier molecular flexibility index (Phi) is 12.8. The Labute approximate surface area is 170 Å². The molecule has 1 aliphatic carbocycles. The first-order chi connectivity index (χ1) is 13.4. The van der Waals surface area contributed by atoms with E-state index in [0.717, 1.165) is 18.8 Å². The van der Waals surface area contributed by atoms with Gasteiger partial charge in [-0.1, -0.05) is 59.8 Å². The van der Waals surface area contributed by atoms with Crippen molar-refractivity contribution in [2.75, 3.05) is 13.2 Å². The molecule has 0 N–H and O–H groups in total. The van der Waals surface area contributed by atoms with E-state index in [1.807, 2.05) is 13.8 Å². The van der Waals surface area contributed by atoms with E-state index in [1.165, 1.54) is 25.7 Å². The fourth-order valence-electron chi connectivity index (χ4n) is 3.18. The van der Waals surface area contributed by atoms with Crippen LogP contribution in [0.4, 0.5) is 9.59 Å². The summed E-state index contributed by atoms with van der Waals surface area (Å²) in [6.45, 7) is 9.23. The Hall–Kier alpha value is -1.46. The molecule has 0 bridgehead atoms. The monoisotopic (exact) mass is 400 g/mol. The highest BCUT2D eigenvalue weighted by Gasteiger charge is 2.27. The molecule has 0 spiro atoms. The van der Waals surface area contributed by atoms with Gasteiger partial charge in [0.1, 0.15) is 12.2 Å². The number of hydrogen-bond donors (Lipinski definition) is 0. The van der Waals surface area contributed by atoms with Crippen LogP contribution in [0.1, 0.15) is 91.9 Å². The Morgan fingerprint density at radius 1 is 0.714 bits per heavy atom. The molecule has 1 rings (SSSR count). The summed E-state index contributed by atoms with van der Waals surface area (Å²) in [6.07, 6.45) is 8.15. The van der Waals surface area contributed by atoms with Gasteiger partial charge in [0.15, 0.2) is 0 Å². The number of carbonyl (C=O) groups is 2. The standard InChI is InChI=1S/C22H40O6/c1-17(2)10-8-6-5-7-9-15-25-21(23)27-19-11-13-20(14-12-19)28-22(24)26-16-18(3)4/h17-20H,5-16H2,1-4H3. The molecule has 0 aromatic heterocycles. The van der Waals surface area contributed by atoms with Gasteiger partial charge in [-0.25, -0.2) is 9.59 Å². The van der Waals surface area contributed by atoms with Crippen molar-refractivity contribution in [1.82, 2.24) is 0 Å². The third-order valence-electron chi connectivity index (χ3n) is 4.83. The zero-order chi connectivity index (χ0) is 20.8. The van der Waals surface area contributed by atoms with Crippen molar-refractivity contribution in [2.45, 2.75) is 104 Å². The maximum Gasteiger partial charge on any atom is 0.508 e. The molecule has 6 heteroatoms. The first kappa shape index (κ1) is 24.6. The molecule has 0 aromatic carbocycles. The minimum absolute atomic E-state index is 0.157. The lowest BCUT2D eigenvalue weighted by molar-refractivity contribution is -0.0285. The fourth-order valence-corrected chi connectivity index (χ4v) is 3.18. The van der Waals surface area contributed by atoms with Crippen LogP contribution >= 0.6 is 0 Å². The summed E-state index contributed by atoms with van der Waals surface area (Å²) in [5.74, 6) is 1.06. The molecule has 0 atom stereocenters. The highest BCUT2D eigenvalue weighted by atomic mass is 16.7. The molecule has 0 radical (unpaired) electrons. The molecule has 1 saturated carbocycles. The van der Waals surface area contributed by atoms with E-state index in [4.69, 9.17) is 18.9 Å². The number of hydrogen-bond acceptors (Lipinski definition) is 6. The van der Waals surface area contributed by atoms with Gasteiger partial charge in [-0.05, 0) is 43.9 Å². The molecule has 0 unspecified atom stereocenters. The molecule has 0 heterocycles. The van der Waals surface area contributed by atoms with E-state index in [0.29, 0.717) is 38.9 Å². The third kappa shape index (κ3) is 12.8. The number of unbranched alkanes of at least 4 members (excludes halogenated alkanes) is 4. The minimum atomic E-state index is -0.610. The first-order valence-corrected chi connectivity index (χ1v) is 11.0. The molecule has 1 aliphatic rings. The molecule has 6 nitrogen and oxygen atoms in total. The number of ether oxygens (including phenoxy) is 4. The van der Waals surface area contributed by atoms with Crippen LogP contribution in [0.15, 0.2) is 0 Å². The molecule has 0 amide bonds. The Balaban J connectivity index is 2.01. The van der Waals surface area contributed by atoms with Crippen molar-refractivity contribution >= 4 is 12.3 Å². The normalized spacial score (nSPS) is 19.5. The second-order valence-corrected chi connectivity index (χ2v) is 8.64. The van der Waals surface area contributed by atoms with Gasteiger partial charge in [0.25, 0.3) is 0 Å². The lowest BCUT2D eigenvalue weighted by Crippen LogP contribution is -2.30. The van der Waals surface area contributed by atoms with Crippen LogP contribution in [0, 0.1) is 11.8 Å². The zero-order valence-corrected chi connectivity index (χ0v) is 18.2. The lowest BCUT2D eigenvalue weighted by Gasteiger charge is -2.27. The maximum atomic E-state index is 11.8. The average molecular weight is 401 g/mol. The van der Waals surface area contributed by atoms with E-state index < -0.39 is 12.3 Å². The van der Waals surface area contributed by atoms with Crippen LogP contribution in [0.25, 0.3) is 0 Å². The second-order valence-electron chi connectivity index (χ2n) is 8.64. The van der Waals surface area contributed by atoms with E-state index in [-0.39, 0.29) is 18.1 Å². The van der Waals surface area contributed by atoms with Gasteiger partial charge in [0.05, 0.1) is 13.2 Å². The molecule has 164 valence electrons.